The molecule has 28 heavy (non-hydrogen) atoms. The molecule has 1 fully saturated rings. The lowest BCUT2D eigenvalue weighted by molar-refractivity contribution is -0.128. The summed E-state index contributed by atoms with van der Waals surface area (Å²) < 4.78 is 13.7. The molecule has 0 aliphatic carbocycles. The summed E-state index contributed by atoms with van der Waals surface area (Å²) >= 11 is 0. The molecule has 2 aromatic rings. The average molecular weight is 388 g/mol. The highest BCUT2D eigenvalue weighted by molar-refractivity contribution is 5.14. The Bertz CT molecular complexity index is 907. The topological polar surface area (TPSA) is 93.6 Å². The molecule has 1 aliphatic heterocycles. The molecule has 0 saturated carbocycles. The highest BCUT2D eigenvalue weighted by Gasteiger charge is 2.54. The smallest absolute Gasteiger partial charge is 0.330 e. The minimum atomic E-state index is -1.04. The molecule has 4 atom stereocenters. The minimum Gasteiger partial charge on any atom is -0.386 e. The first-order chi connectivity index (χ1) is 13.4. The SMILES string of the molecule is CCC[C@]1(CC)O[C@@H](n2cc(C)c(=O)[nH]c2=O)[C@@H](O)C1OCc1ccccc1. The van der Waals surface area contributed by atoms with Crippen LogP contribution in [0.1, 0.15) is 50.5 Å². The van der Waals surface area contributed by atoms with Gasteiger partial charge in [0.15, 0.2) is 6.23 Å². The van der Waals surface area contributed by atoms with Crippen molar-refractivity contribution in [1.29, 1.82) is 0 Å². The van der Waals surface area contributed by atoms with Crippen LogP contribution in [0.5, 0.6) is 0 Å². The normalized spacial score (nSPS) is 27.2. The number of aliphatic hydroxyl groups excluding tert-OH is 1. The van der Waals surface area contributed by atoms with Crippen molar-refractivity contribution in [3.05, 3.63) is 68.5 Å². The Hall–Kier alpha value is -2.22. The largest absolute Gasteiger partial charge is 0.386 e. The van der Waals surface area contributed by atoms with Crippen molar-refractivity contribution in [1.82, 2.24) is 9.55 Å². The first kappa shape index (κ1) is 20.5. The number of benzene rings is 1. The van der Waals surface area contributed by atoms with Gasteiger partial charge in [-0.05, 0) is 25.3 Å². The molecule has 7 heteroatoms. The highest BCUT2D eigenvalue weighted by atomic mass is 16.6. The van der Waals surface area contributed by atoms with Crippen LogP contribution in [0.15, 0.2) is 46.1 Å². The van der Waals surface area contributed by atoms with E-state index in [4.69, 9.17) is 9.47 Å². The van der Waals surface area contributed by atoms with Crippen LogP contribution in [0.25, 0.3) is 0 Å². The molecule has 0 bridgehead atoms. The molecule has 7 nitrogen and oxygen atoms in total. The Kier molecular flexibility index (Phi) is 6.17. The van der Waals surface area contributed by atoms with Crippen LogP contribution in [0, 0.1) is 6.92 Å². The number of aromatic amines is 1. The van der Waals surface area contributed by atoms with Crippen molar-refractivity contribution in [3.63, 3.8) is 0 Å². The number of aromatic nitrogens is 2. The van der Waals surface area contributed by atoms with Crippen LogP contribution in [0.4, 0.5) is 0 Å². The van der Waals surface area contributed by atoms with Gasteiger partial charge in [-0.15, -0.1) is 0 Å². The number of rotatable bonds is 7. The molecule has 1 unspecified atom stereocenters. The molecule has 1 saturated heterocycles. The third-order valence-corrected chi connectivity index (χ3v) is 5.44. The molecule has 1 aromatic carbocycles. The van der Waals surface area contributed by atoms with Gasteiger partial charge in [-0.1, -0.05) is 50.6 Å². The summed E-state index contributed by atoms with van der Waals surface area (Å²) in [7, 11) is 0. The maximum atomic E-state index is 12.3. The fourth-order valence-corrected chi connectivity index (χ4v) is 3.93. The van der Waals surface area contributed by atoms with Crippen LogP contribution in [0.2, 0.25) is 0 Å². The summed E-state index contributed by atoms with van der Waals surface area (Å²) in [5.74, 6) is 0. The summed E-state index contributed by atoms with van der Waals surface area (Å²) in [4.78, 5) is 26.3. The maximum Gasteiger partial charge on any atom is 0.330 e. The standard InChI is InChI=1S/C21H28N2O5/c1-4-11-21(5-2)17(27-13-15-9-7-6-8-10-15)16(24)19(28-21)23-12-14(3)18(25)22-20(23)26/h6-10,12,16-17,19,24H,4-5,11,13H2,1-3H3,(H,22,25,26)/t16-,17?,19+,21-/m0/s1. The number of hydrogen-bond acceptors (Lipinski definition) is 5. The van der Waals surface area contributed by atoms with Crippen molar-refractivity contribution in [2.24, 2.45) is 0 Å². The van der Waals surface area contributed by atoms with Crippen molar-refractivity contribution < 1.29 is 14.6 Å². The van der Waals surface area contributed by atoms with E-state index in [2.05, 4.69) is 4.98 Å². The summed E-state index contributed by atoms with van der Waals surface area (Å²) in [5, 5.41) is 11.1. The summed E-state index contributed by atoms with van der Waals surface area (Å²) in [5.41, 5.74) is -0.388. The Labute approximate surface area is 163 Å². The van der Waals surface area contributed by atoms with Gasteiger partial charge < -0.3 is 14.6 Å². The van der Waals surface area contributed by atoms with Crippen LogP contribution in [-0.2, 0) is 16.1 Å². The molecule has 3 rings (SSSR count). The molecule has 152 valence electrons. The summed E-state index contributed by atoms with van der Waals surface area (Å²) in [6, 6.07) is 9.73. The zero-order valence-electron chi connectivity index (χ0n) is 16.6. The van der Waals surface area contributed by atoms with Gasteiger partial charge in [-0.2, -0.15) is 0 Å². The number of nitrogens with one attached hydrogen (secondary N) is 1. The van der Waals surface area contributed by atoms with Gasteiger partial charge in [0.2, 0.25) is 0 Å². The van der Waals surface area contributed by atoms with Crippen LogP contribution < -0.4 is 11.2 Å². The van der Waals surface area contributed by atoms with Gasteiger partial charge in [0.1, 0.15) is 12.2 Å². The van der Waals surface area contributed by atoms with Crippen LogP contribution in [-0.4, -0.2) is 32.5 Å². The van der Waals surface area contributed by atoms with E-state index >= 15 is 0 Å². The van der Waals surface area contributed by atoms with Gasteiger partial charge in [0.25, 0.3) is 5.56 Å². The van der Waals surface area contributed by atoms with E-state index in [1.54, 1.807) is 6.92 Å². The Morgan fingerprint density at radius 2 is 1.96 bits per heavy atom. The van der Waals surface area contributed by atoms with E-state index in [-0.39, 0.29) is 0 Å². The van der Waals surface area contributed by atoms with Crippen LogP contribution >= 0.6 is 0 Å². The van der Waals surface area contributed by atoms with E-state index < -0.39 is 35.3 Å². The first-order valence-corrected chi connectivity index (χ1v) is 9.75. The molecule has 0 spiro atoms. The van der Waals surface area contributed by atoms with Gasteiger partial charge in [0, 0.05) is 11.8 Å². The fourth-order valence-electron chi connectivity index (χ4n) is 3.93. The van der Waals surface area contributed by atoms with Crippen molar-refractivity contribution in [3.8, 4) is 0 Å². The average Bonchev–Trinajstić information content (AvgIpc) is 2.96. The van der Waals surface area contributed by atoms with E-state index in [0.29, 0.717) is 25.0 Å². The van der Waals surface area contributed by atoms with E-state index in [9.17, 15) is 14.7 Å². The molecular formula is C21H28N2O5. The molecule has 2 N–H and O–H groups in total. The molecule has 0 amide bonds. The first-order valence-electron chi connectivity index (χ1n) is 9.75. The third-order valence-electron chi connectivity index (χ3n) is 5.44. The van der Waals surface area contributed by atoms with E-state index in [0.717, 1.165) is 12.0 Å². The predicted octanol–water partition coefficient (Wildman–Crippen LogP) is 2.27. The molecule has 1 aromatic heterocycles. The maximum absolute atomic E-state index is 12.3. The van der Waals surface area contributed by atoms with Gasteiger partial charge >= 0.3 is 5.69 Å². The second-order valence-electron chi connectivity index (χ2n) is 7.36. The zero-order chi connectivity index (χ0) is 20.3. The second kappa shape index (κ2) is 8.43. The molecule has 0 radical (unpaired) electrons. The quantitative estimate of drug-likeness (QED) is 0.759. The summed E-state index contributed by atoms with van der Waals surface area (Å²) in [6.07, 6.45) is 1.03. The van der Waals surface area contributed by atoms with Gasteiger partial charge in [0.05, 0.1) is 12.2 Å². The molecule has 1 aliphatic rings. The number of H-pyrrole nitrogens is 1. The zero-order valence-corrected chi connectivity index (χ0v) is 16.6. The Morgan fingerprint density at radius 1 is 1.25 bits per heavy atom. The minimum absolute atomic E-state index is 0.337. The van der Waals surface area contributed by atoms with Crippen molar-refractivity contribution in [2.75, 3.05) is 0 Å². The molecular weight excluding hydrogens is 360 g/mol. The fraction of sp³-hybridized carbons (Fsp3) is 0.524. The van der Waals surface area contributed by atoms with Crippen molar-refractivity contribution >= 4 is 0 Å². The van der Waals surface area contributed by atoms with Crippen LogP contribution in [0.3, 0.4) is 0 Å². The van der Waals surface area contributed by atoms with E-state index in [1.807, 2.05) is 44.2 Å². The third kappa shape index (κ3) is 3.83. The summed E-state index contributed by atoms with van der Waals surface area (Å²) in [6.45, 7) is 5.98. The predicted molar refractivity (Wildman–Crippen MR) is 105 cm³/mol. The Morgan fingerprint density at radius 3 is 2.61 bits per heavy atom. The van der Waals surface area contributed by atoms with E-state index in [1.165, 1.54) is 10.8 Å². The highest BCUT2D eigenvalue weighted by Crippen LogP contribution is 2.43. The lowest BCUT2D eigenvalue weighted by Crippen LogP contribution is -2.44. The number of hydrogen-bond donors (Lipinski definition) is 2. The molecule has 2 heterocycles. The lowest BCUT2D eigenvalue weighted by atomic mass is 9.87. The van der Waals surface area contributed by atoms with Gasteiger partial charge in [-0.25, -0.2) is 4.79 Å². The number of aliphatic hydroxyl groups is 1. The number of nitrogens with zero attached hydrogens (tertiary/aromatic N) is 1. The number of aryl methyl sites for hydroxylation is 1. The number of ether oxygens (including phenoxy) is 2. The Balaban J connectivity index is 1.94. The lowest BCUT2D eigenvalue weighted by Gasteiger charge is -2.33. The van der Waals surface area contributed by atoms with Gasteiger partial charge in [-0.3, -0.25) is 14.3 Å². The monoisotopic (exact) mass is 388 g/mol. The second-order valence-corrected chi connectivity index (χ2v) is 7.36. The van der Waals surface area contributed by atoms with Crippen molar-refractivity contribution in [2.45, 2.75) is 70.7 Å².